The Hall–Kier alpha value is -2.08. The number of amides is 2. The smallest absolute Gasteiger partial charge is 0.319 e. The van der Waals surface area contributed by atoms with Gasteiger partial charge in [0.15, 0.2) is 0 Å². The van der Waals surface area contributed by atoms with E-state index < -0.39 is 0 Å². The Balaban J connectivity index is 2.07. The second kappa shape index (κ2) is 8.53. The minimum absolute atomic E-state index is 0.131. The van der Waals surface area contributed by atoms with Crippen molar-refractivity contribution < 1.29 is 4.79 Å². The number of nitrogens with zero attached hydrogens (tertiary/aromatic N) is 3. The van der Waals surface area contributed by atoms with Gasteiger partial charge in [-0.05, 0) is 37.3 Å². The van der Waals surface area contributed by atoms with E-state index in [1.807, 2.05) is 37.3 Å². The van der Waals surface area contributed by atoms with Crippen LogP contribution in [0, 0.1) is 0 Å². The molecule has 1 aromatic heterocycles. The molecular weight excluding hydrogens is 308 g/mol. The van der Waals surface area contributed by atoms with Crippen molar-refractivity contribution in [3.05, 3.63) is 48.5 Å². The van der Waals surface area contributed by atoms with E-state index >= 15 is 0 Å². The first-order chi connectivity index (χ1) is 11.1. The van der Waals surface area contributed by atoms with Gasteiger partial charge in [0.25, 0.3) is 0 Å². The van der Waals surface area contributed by atoms with Crippen molar-refractivity contribution in [1.29, 1.82) is 0 Å². The summed E-state index contributed by atoms with van der Waals surface area (Å²) in [5.74, 6) is 1.03. The second-order valence-electron chi connectivity index (χ2n) is 5.20. The summed E-state index contributed by atoms with van der Waals surface area (Å²) in [6.07, 6.45) is 4.27. The molecule has 0 aliphatic heterocycles. The van der Waals surface area contributed by atoms with Gasteiger partial charge in [0.2, 0.25) is 0 Å². The van der Waals surface area contributed by atoms with Crippen LogP contribution >= 0.6 is 11.8 Å². The summed E-state index contributed by atoms with van der Waals surface area (Å²) in [5, 5.41) is 2.99. The number of rotatable bonds is 6. The first-order valence-electron chi connectivity index (χ1n) is 7.65. The molecule has 2 rings (SSSR count). The Bertz CT molecular complexity index is 636. The average Bonchev–Trinajstić information content (AvgIpc) is 2.60. The number of anilines is 1. The van der Waals surface area contributed by atoms with Gasteiger partial charge in [0, 0.05) is 18.1 Å². The molecule has 0 fully saturated rings. The van der Waals surface area contributed by atoms with Crippen LogP contribution in [0.1, 0.15) is 32.0 Å². The lowest BCUT2D eigenvalue weighted by Gasteiger charge is -2.25. The number of aromatic nitrogens is 2. The Morgan fingerprint density at radius 1 is 1.35 bits per heavy atom. The van der Waals surface area contributed by atoms with Crippen molar-refractivity contribution in [3.63, 3.8) is 0 Å². The fraction of sp³-hybridized carbons (Fsp3) is 0.353. The van der Waals surface area contributed by atoms with Crippen LogP contribution in [-0.4, -0.2) is 33.7 Å². The minimum atomic E-state index is -0.152. The highest BCUT2D eigenvalue weighted by atomic mass is 32.2. The maximum absolute atomic E-state index is 12.5. The van der Waals surface area contributed by atoms with E-state index in [0.717, 1.165) is 28.5 Å². The van der Waals surface area contributed by atoms with Crippen LogP contribution in [0.5, 0.6) is 0 Å². The lowest BCUT2D eigenvalue weighted by molar-refractivity contribution is 0.207. The molecule has 1 heterocycles. The normalized spacial score (nSPS) is 11.8. The number of benzene rings is 1. The molecule has 23 heavy (non-hydrogen) atoms. The van der Waals surface area contributed by atoms with E-state index in [-0.39, 0.29) is 12.1 Å². The summed E-state index contributed by atoms with van der Waals surface area (Å²) in [4.78, 5) is 23.4. The summed E-state index contributed by atoms with van der Waals surface area (Å²) in [6, 6.07) is 9.41. The van der Waals surface area contributed by atoms with E-state index in [4.69, 9.17) is 0 Å². The quantitative estimate of drug-likeness (QED) is 0.806. The fourth-order valence-corrected chi connectivity index (χ4v) is 2.91. The number of para-hydroxylation sites is 1. The van der Waals surface area contributed by atoms with Crippen LogP contribution in [0.25, 0.3) is 0 Å². The second-order valence-corrected chi connectivity index (χ2v) is 6.33. The number of thioether (sulfide) groups is 1. The third kappa shape index (κ3) is 4.69. The topological polar surface area (TPSA) is 58.1 Å². The molecule has 0 bridgehead atoms. The van der Waals surface area contributed by atoms with Gasteiger partial charge in [-0.25, -0.2) is 14.8 Å². The summed E-state index contributed by atoms with van der Waals surface area (Å²) in [7, 11) is 1.77. The van der Waals surface area contributed by atoms with E-state index in [1.54, 1.807) is 29.9 Å². The predicted molar refractivity (Wildman–Crippen MR) is 94.7 cm³/mol. The average molecular weight is 330 g/mol. The predicted octanol–water partition coefficient (Wildman–Crippen LogP) is 4.20. The Kier molecular flexibility index (Phi) is 6.40. The van der Waals surface area contributed by atoms with Crippen molar-refractivity contribution in [2.24, 2.45) is 0 Å². The third-order valence-electron chi connectivity index (χ3n) is 3.52. The van der Waals surface area contributed by atoms with Gasteiger partial charge in [-0.2, -0.15) is 0 Å². The summed E-state index contributed by atoms with van der Waals surface area (Å²) in [6.45, 7) is 4.09. The number of carbonyl (C=O) groups is 1. The van der Waals surface area contributed by atoms with E-state index in [0.29, 0.717) is 0 Å². The molecule has 5 nitrogen and oxygen atoms in total. The number of carbonyl (C=O) groups excluding carboxylic acids is 1. The van der Waals surface area contributed by atoms with Crippen LogP contribution in [0.2, 0.25) is 0 Å². The van der Waals surface area contributed by atoms with Crippen LogP contribution in [0.3, 0.4) is 0 Å². The van der Waals surface area contributed by atoms with Crippen LogP contribution in [0.4, 0.5) is 10.5 Å². The van der Waals surface area contributed by atoms with E-state index in [1.165, 1.54) is 6.33 Å². The molecule has 1 unspecified atom stereocenters. The van der Waals surface area contributed by atoms with Crippen molar-refractivity contribution >= 4 is 23.5 Å². The van der Waals surface area contributed by atoms with Crippen LogP contribution in [-0.2, 0) is 0 Å². The Morgan fingerprint density at radius 3 is 2.83 bits per heavy atom. The standard InChI is InChI=1S/C17H22N4OS/c1-4-11-23-16-8-6-5-7-15(16)20-17(22)21(3)13(2)14-9-10-18-12-19-14/h5-10,12-13H,4,11H2,1-3H3,(H,20,22). The zero-order valence-electron chi connectivity index (χ0n) is 13.7. The first kappa shape index (κ1) is 17.3. The summed E-state index contributed by atoms with van der Waals surface area (Å²) >= 11 is 1.75. The van der Waals surface area contributed by atoms with Gasteiger partial charge in [-0.15, -0.1) is 11.8 Å². The van der Waals surface area contributed by atoms with Gasteiger partial charge in [-0.1, -0.05) is 19.1 Å². The molecule has 6 heteroatoms. The molecule has 2 aromatic rings. The molecule has 0 radical (unpaired) electrons. The van der Waals surface area contributed by atoms with Crippen molar-refractivity contribution in [2.45, 2.75) is 31.2 Å². The van der Waals surface area contributed by atoms with Gasteiger partial charge in [0.05, 0.1) is 17.4 Å². The number of hydrogen-bond acceptors (Lipinski definition) is 4. The molecule has 122 valence electrons. The van der Waals surface area contributed by atoms with Crippen molar-refractivity contribution in [3.8, 4) is 0 Å². The maximum Gasteiger partial charge on any atom is 0.322 e. The molecule has 1 atom stereocenters. The molecule has 0 spiro atoms. The molecule has 0 saturated heterocycles. The van der Waals surface area contributed by atoms with Gasteiger partial charge in [-0.3, -0.25) is 0 Å². The highest BCUT2D eigenvalue weighted by Gasteiger charge is 2.19. The van der Waals surface area contributed by atoms with E-state index in [9.17, 15) is 4.79 Å². The molecule has 0 aliphatic rings. The molecule has 0 aliphatic carbocycles. The minimum Gasteiger partial charge on any atom is -0.319 e. The van der Waals surface area contributed by atoms with Crippen molar-refractivity contribution in [1.82, 2.24) is 14.9 Å². The molecule has 0 saturated carbocycles. The zero-order chi connectivity index (χ0) is 16.7. The third-order valence-corrected chi connectivity index (χ3v) is 4.80. The Morgan fingerprint density at radius 2 is 2.13 bits per heavy atom. The number of nitrogens with one attached hydrogen (secondary N) is 1. The highest BCUT2D eigenvalue weighted by molar-refractivity contribution is 7.99. The Labute approximate surface area is 141 Å². The van der Waals surface area contributed by atoms with Gasteiger partial charge >= 0.3 is 6.03 Å². The summed E-state index contributed by atoms with van der Waals surface area (Å²) in [5.41, 5.74) is 1.66. The fourth-order valence-electron chi connectivity index (χ4n) is 2.03. The highest BCUT2D eigenvalue weighted by Crippen LogP contribution is 2.28. The lowest BCUT2D eigenvalue weighted by atomic mass is 10.2. The maximum atomic E-state index is 12.5. The van der Waals surface area contributed by atoms with Gasteiger partial charge in [0.1, 0.15) is 6.33 Å². The van der Waals surface area contributed by atoms with Crippen LogP contribution < -0.4 is 5.32 Å². The SMILES string of the molecule is CCCSc1ccccc1NC(=O)N(C)C(C)c1ccncn1. The largest absolute Gasteiger partial charge is 0.322 e. The molecule has 1 aromatic carbocycles. The van der Waals surface area contributed by atoms with Gasteiger partial charge < -0.3 is 10.2 Å². The van der Waals surface area contributed by atoms with E-state index in [2.05, 4.69) is 22.2 Å². The first-order valence-corrected chi connectivity index (χ1v) is 8.63. The zero-order valence-corrected chi connectivity index (χ0v) is 14.5. The molecule has 2 amide bonds. The monoisotopic (exact) mass is 330 g/mol. The van der Waals surface area contributed by atoms with Crippen molar-refractivity contribution in [2.75, 3.05) is 18.1 Å². The lowest BCUT2D eigenvalue weighted by Crippen LogP contribution is -2.34. The van der Waals surface area contributed by atoms with Crippen LogP contribution in [0.15, 0.2) is 47.8 Å². The number of hydrogen-bond donors (Lipinski definition) is 1. The molecule has 1 N–H and O–H groups in total. The number of urea groups is 1. The summed E-state index contributed by atoms with van der Waals surface area (Å²) < 4.78 is 0. The molecular formula is C17H22N4OS.